The second-order valence-corrected chi connectivity index (χ2v) is 6.70. The Morgan fingerprint density at radius 3 is 2.61 bits per heavy atom. The molecule has 0 radical (unpaired) electrons. The van der Waals surface area contributed by atoms with Gasteiger partial charge in [-0.25, -0.2) is 9.97 Å². The van der Waals surface area contributed by atoms with Gasteiger partial charge in [-0.05, 0) is 48.4 Å². The van der Waals surface area contributed by atoms with Gasteiger partial charge in [0.25, 0.3) is 0 Å². The first-order chi connectivity index (χ1) is 13.9. The lowest BCUT2D eigenvalue weighted by molar-refractivity contribution is 1.03. The van der Waals surface area contributed by atoms with E-state index < -0.39 is 0 Å². The fourth-order valence-corrected chi connectivity index (χ4v) is 3.46. The molecule has 0 amide bonds. The first-order valence-corrected chi connectivity index (χ1v) is 9.31. The van der Waals surface area contributed by atoms with Crippen LogP contribution < -0.4 is 10.6 Å². The van der Waals surface area contributed by atoms with Crippen molar-refractivity contribution in [2.24, 2.45) is 0 Å². The van der Waals surface area contributed by atoms with Crippen molar-refractivity contribution in [3.8, 4) is 0 Å². The topological polar surface area (TPSA) is 81.4 Å². The van der Waals surface area contributed by atoms with Crippen LogP contribution in [0.15, 0.2) is 73.3 Å². The van der Waals surface area contributed by atoms with Crippen LogP contribution in [0.5, 0.6) is 0 Å². The predicted octanol–water partition coefficient (Wildman–Crippen LogP) is 4.84. The highest BCUT2D eigenvalue weighted by Gasteiger charge is 2.05. The average Bonchev–Trinajstić information content (AvgIpc) is 3.37. The molecule has 0 saturated heterocycles. The molecule has 28 heavy (non-hydrogen) atoms. The summed E-state index contributed by atoms with van der Waals surface area (Å²) in [6.07, 6.45) is 6.49. The molecule has 6 heteroatoms. The maximum Gasteiger partial charge on any atom is 0.143 e. The van der Waals surface area contributed by atoms with Gasteiger partial charge >= 0.3 is 0 Å². The van der Waals surface area contributed by atoms with E-state index in [0.29, 0.717) is 0 Å². The van der Waals surface area contributed by atoms with Crippen molar-refractivity contribution in [1.82, 2.24) is 19.9 Å². The van der Waals surface area contributed by atoms with E-state index in [1.54, 1.807) is 6.33 Å². The summed E-state index contributed by atoms with van der Waals surface area (Å²) in [5.41, 5.74) is 5.44. The third-order valence-corrected chi connectivity index (χ3v) is 4.90. The number of nitrogens with one attached hydrogen (secondary N) is 4. The zero-order chi connectivity index (χ0) is 18.8. The molecule has 0 bridgehead atoms. The predicted molar refractivity (Wildman–Crippen MR) is 114 cm³/mol. The van der Waals surface area contributed by atoms with Crippen molar-refractivity contribution in [2.45, 2.75) is 6.42 Å². The van der Waals surface area contributed by atoms with E-state index in [9.17, 15) is 0 Å². The maximum absolute atomic E-state index is 4.34. The largest absolute Gasteiger partial charge is 0.385 e. The zero-order valence-corrected chi connectivity index (χ0v) is 15.2. The lowest BCUT2D eigenvalue weighted by Gasteiger charge is -2.09. The molecule has 4 N–H and O–H groups in total. The molecule has 2 aromatic carbocycles. The highest BCUT2D eigenvalue weighted by molar-refractivity contribution is 5.88. The minimum Gasteiger partial charge on any atom is -0.385 e. The number of hydrogen-bond acceptors (Lipinski definition) is 4. The Hall–Kier alpha value is -3.80. The molecule has 5 aromatic rings. The fourth-order valence-electron chi connectivity index (χ4n) is 3.46. The molecular formula is C22H20N6. The van der Waals surface area contributed by atoms with Gasteiger partial charge in [-0.2, -0.15) is 0 Å². The number of nitrogens with zero attached hydrogens (tertiary/aromatic N) is 2. The third kappa shape index (κ3) is 3.16. The number of hydrogen-bond donors (Lipinski definition) is 4. The number of aromatic nitrogens is 4. The van der Waals surface area contributed by atoms with Gasteiger partial charge < -0.3 is 20.6 Å². The van der Waals surface area contributed by atoms with E-state index in [1.807, 2.05) is 12.3 Å². The number of benzene rings is 2. The van der Waals surface area contributed by atoms with Crippen LogP contribution >= 0.6 is 0 Å². The molecule has 3 aromatic heterocycles. The quantitative estimate of drug-likeness (QED) is 0.346. The molecule has 5 rings (SSSR count). The van der Waals surface area contributed by atoms with Crippen molar-refractivity contribution in [1.29, 1.82) is 0 Å². The Bertz CT molecular complexity index is 1220. The van der Waals surface area contributed by atoms with Crippen LogP contribution in [0, 0.1) is 0 Å². The fraction of sp³-hybridized carbons (Fsp3) is 0.0909. The van der Waals surface area contributed by atoms with Crippen LogP contribution in [0.4, 0.5) is 17.2 Å². The van der Waals surface area contributed by atoms with Gasteiger partial charge in [0.15, 0.2) is 0 Å². The van der Waals surface area contributed by atoms with E-state index >= 15 is 0 Å². The van der Waals surface area contributed by atoms with Gasteiger partial charge in [0, 0.05) is 41.2 Å². The van der Waals surface area contributed by atoms with E-state index in [1.165, 1.54) is 16.5 Å². The Labute approximate surface area is 162 Å². The van der Waals surface area contributed by atoms with Crippen LogP contribution in [-0.4, -0.2) is 26.5 Å². The van der Waals surface area contributed by atoms with Gasteiger partial charge in [0.05, 0.1) is 5.39 Å². The van der Waals surface area contributed by atoms with Crippen molar-refractivity contribution >= 4 is 39.1 Å². The van der Waals surface area contributed by atoms with Crippen LogP contribution in [0.1, 0.15) is 5.56 Å². The average molecular weight is 368 g/mol. The summed E-state index contributed by atoms with van der Waals surface area (Å²) in [6.45, 7) is 0.879. The summed E-state index contributed by atoms with van der Waals surface area (Å²) in [6, 6.07) is 18.6. The number of fused-ring (bicyclic) bond motifs is 2. The van der Waals surface area contributed by atoms with E-state index in [0.717, 1.165) is 41.2 Å². The molecular weight excluding hydrogens is 348 g/mol. The second-order valence-electron chi connectivity index (χ2n) is 6.70. The summed E-state index contributed by atoms with van der Waals surface area (Å²) in [7, 11) is 0. The van der Waals surface area contributed by atoms with Crippen LogP contribution in [0.2, 0.25) is 0 Å². The van der Waals surface area contributed by atoms with Crippen LogP contribution in [0.25, 0.3) is 21.9 Å². The Kier molecular flexibility index (Phi) is 4.14. The molecule has 0 fully saturated rings. The smallest absolute Gasteiger partial charge is 0.143 e. The van der Waals surface area contributed by atoms with Gasteiger partial charge in [-0.3, -0.25) is 0 Å². The highest BCUT2D eigenvalue weighted by atomic mass is 15.0. The summed E-state index contributed by atoms with van der Waals surface area (Å²) in [5.74, 6) is 0.797. The molecule has 0 aliphatic rings. The summed E-state index contributed by atoms with van der Waals surface area (Å²) in [5, 5.41) is 9.12. The standard InChI is InChI=1S/C22H20N6/c1-2-4-20-18(3-1)15(13-25-20)9-11-23-16-5-7-17(8-6-16)28-22-19-10-12-24-21(19)26-14-27-22/h1-8,10,12-14,23,25H,9,11H2,(H2,24,26,27,28). The van der Waals surface area contributed by atoms with Gasteiger partial charge in [0.2, 0.25) is 0 Å². The lowest BCUT2D eigenvalue weighted by atomic mass is 10.1. The van der Waals surface area contributed by atoms with Crippen molar-refractivity contribution in [3.63, 3.8) is 0 Å². The monoisotopic (exact) mass is 368 g/mol. The van der Waals surface area contributed by atoms with Crippen molar-refractivity contribution in [3.05, 3.63) is 78.9 Å². The molecule has 0 atom stereocenters. The normalized spacial score (nSPS) is 11.1. The minimum absolute atomic E-state index is 0.797. The van der Waals surface area contributed by atoms with E-state index in [2.05, 4.69) is 85.3 Å². The highest BCUT2D eigenvalue weighted by Crippen LogP contribution is 2.23. The Balaban J connectivity index is 1.22. The molecule has 138 valence electrons. The van der Waals surface area contributed by atoms with Crippen LogP contribution in [-0.2, 0) is 6.42 Å². The second kappa shape index (κ2) is 7.08. The van der Waals surface area contributed by atoms with Crippen molar-refractivity contribution in [2.75, 3.05) is 17.2 Å². The minimum atomic E-state index is 0.797. The summed E-state index contributed by atoms with van der Waals surface area (Å²) >= 11 is 0. The number of aromatic amines is 2. The zero-order valence-electron chi connectivity index (χ0n) is 15.2. The maximum atomic E-state index is 4.34. The van der Waals surface area contributed by atoms with Gasteiger partial charge in [0.1, 0.15) is 17.8 Å². The molecule has 6 nitrogen and oxygen atoms in total. The molecule has 0 aliphatic carbocycles. The number of anilines is 3. The molecule has 0 saturated carbocycles. The Morgan fingerprint density at radius 2 is 1.68 bits per heavy atom. The van der Waals surface area contributed by atoms with Crippen LogP contribution in [0.3, 0.4) is 0 Å². The van der Waals surface area contributed by atoms with Gasteiger partial charge in [-0.15, -0.1) is 0 Å². The van der Waals surface area contributed by atoms with Crippen molar-refractivity contribution < 1.29 is 0 Å². The number of H-pyrrole nitrogens is 2. The SMILES string of the molecule is c1ccc2c(CCNc3ccc(Nc4ncnc5[nH]ccc45)cc3)c[nH]c2c1. The lowest BCUT2D eigenvalue weighted by Crippen LogP contribution is -2.04. The molecule has 0 spiro atoms. The molecule has 3 heterocycles. The number of rotatable bonds is 6. The Morgan fingerprint density at radius 1 is 0.821 bits per heavy atom. The first-order valence-electron chi connectivity index (χ1n) is 9.31. The summed E-state index contributed by atoms with van der Waals surface area (Å²) in [4.78, 5) is 15.0. The molecule has 0 unspecified atom stereocenters. The molecule has 0 aliphatic heterocycles. The van der Waals surface area contributed by atoms with E-state index in [4.69, 9.17) is 0 Å². The third-order valence-electron chi connectivity index (χ3n) is 4.90. The summed E-state index contributed by atoms with van der Waals surface area (Å²) < 4.78 is 0. The number of para-hydroxylation sites is 1. The van der Waals surface area contributed by atoms with Gasteiger partial charge in [-0.1, -0.05) is 18.2 Å². The first kappa shape index (κ1) is 16.4. The van der Waals surface area contributed by atoms with E-state index in [-0.39, 0.29) is 0 Å².